The van der Waals surface area contributed by atoms with Crippen LogP contribution in [0, 0.1) is 5.82 Å². The summed E-state index contributed by atoms with van der Waals surface area (Å²) in [7, 11) is 1.50. The Morgan fingerprint density at radius 1 is 1.42 bits per heavy atom. The van der Waals surface area contributed by atoms with Gasteiger partial charge in [-0.3, -0.25) is 0 Å². The summed E-state index contributed by atoms with van der Waals surface area (Å²) in [5.74, 6) is 0.0746. The summed E-state index contributed by atoms with van der Waals surface area (Å²) < 4.78 is 19.5. The van der Waals surface area contributed by atoms with Crippen LogP contribution in [0.1, 0.15) is 4.88 Å². The molecule has 1 aromatic carbocycles. The van der Waals surface area contributed by atoms with E-state index >= 15 is 0 Å². The lowest BCUT2D eigenvalue weighted by Crippen LogP contribution is -2.06. The van der Waals surface area contributed by atoms with Crippen molar-refractivity contribution < 1.29 is 9.13 Å². The van der Waals surface area contributed by atoms with Crippen molar-refractivity contribution in [2.45, 2.75) is 6.42 Å². The Bertz CT molecular complexity index is 574. The van der Waals surface area contributed by atoms with Gasteiger partial charge >= 0.3 is 0 Å². The predicted octanol–water partition coefficient (Wildman–Crippen LogP) is 3.79. The van der Waals surface area contributed by atoms with E-state index in [0.29, 0.717) is 18.0 Å². The fraction of sp³-hybridized carbons (Fsp3) is 0.231. The smallest absolute Gasteiger partial charge is 0.148 e. The topological polar surface area (TPSA) is 47.3 Å². The highest BCUT2D eigenvalue weighted by atomic mass is 35.5. The van der Waals surface area contributed by atoms with Gasteiger partial charge < -0.3 is 15.8 Å². The summed E-state index contributed by atoms with van der Waals surface area (Å²) in [4.78, 5) is 1.15. The fourth-order valence-corrected chi connectivity index (χ4v) is 2.77. The van der Waals surface area contributed by atoms with E-state index in [1.54, 1.807) is 6.07 Å². The monoisotopic (exact) mass is 300 g/mol. The van der Waals surface area contributed by atoms with Crippen molar-refractivity contribution >= 4 is 34.3 Å². The van der Waals surface area contributed by atoms with Crippen LogP contribution in [-0.4, -0.2) is 13.7 Å². The first-order chi connectivity index (χ1) is 9.10. The Labute approximate surface area is 120 Å². The molecule has 2 rings (SSSR count). The molecule has 0 amide bonds. The van der Waals surface area contributed by atoms with Crippen molar-refractivity contribution in [3.63, 3.8) is 0 Å². The van der Waals surface area contributed by atoms with Crippen LogP contribution in [0.3, 0.4) is 0 Å². The van der Waals surface area contributed by atoms with E-state index in [4.69, 9.17) is 22.1 Å². The normalized spacial score (nSPS) is 10.5. The SMILES string of the molecule is COc1cc(NCCc2ccc(Cl)s2)c(F)cc1N. The highest BCUT2D eigenvalue weighted by Crippen LogP contribution is 2.28. The van der Waals surface area contributed by atoms with E-state index in [9.17, 15) is 4.39 Å². The van der Waals surface area contributed by atoms with Crippen LogP contribution in [0.25, 0.3) is 0 Å². The minimum Gasteiger partial charge on any atom is -0.495 e. The van der Waals surface area contributed by atoms with E-state index in [-0.39, 0.29) is 11.5 Å². The molecule has 0 aliphatic rings. The van der Waals surface area contributed by atoms with Crippen LogP contribution in [0.4, 0.5) is 15.8 Å². The minimum atomic E-state index is -0.387. The van der Waals surface area contributed by atoms with E-state index in [0.717, 1.165) is 15.6 Å². The largest absolute Gasteiger partial charge is 0.495 e. The molecule has 0 radical (unpaired) electrons. The van der Waals surface area contributed by atoms with Crippen LogP contribution >= 0.6 is 22.9 Å². The predicted molar refractivity (Wildman–Crippen MR) is 78.9 cm³/mol. The lowest BCUT2D eigenvalue weighted by atomic mass is 10.2. The minimum absolute atomic E-state index is 0.288. The molecule has 0 spiro atoms. The second-order valence-corrected chi connectivity index (χ2v) is 5.76. The number of nitrogens with two attached hydrogens (primary N) is 1. The Hall–Kier alpha value is -1.46. The summed E-state index contributed by atoms with van der Waals surface area (Å²) in [6.45, 7) is 0.612. The molecular weight excluding hydrogens is 287 g/mol. The number of halogens is 2. The molecule has 0 saturated carbocycles. The fourth-order valence-electron chi connectivity index (χ4n) is 1.69. The average molecular weight is 301 g/mol. The molecule has 0 unspecified atom stereocenters. The van der Waals surface area contributed by atoms with E-state index < -0.39 is 0 Å². The summed E-state index contributed by atoms with van der Waals surface area (Å²) in [5.41, 5.74) is 6.29. The number of methoxy groups -OCH3 is 1. The molecule has 19 heavy (non-hydrogen) atoms. The molecule has 0 atom stereocenters. The number of ether oxygens (including phenoxy) is 1. The van der Waals surface area contributed by atoms with Gasteiger partial charge in [0, 0.05) is 23.6 Å². The molecule has 3 nitrogen and oxygen atoms in total. The Balaban J connectivity index is 1.99. The number of hydrogen-bond donors (Lipinski definition) is 2. The molecule has 1 aromatic heterocycles. The van der Waals surface area contributed by atoms with Crippen molar-refractivity contribution in [1.82, 2.24) is 0 Å². The average Bonchev–Trinajstić information content (AvgIpc) is 2.78. The number of benzene rings is 1. The molecule has 0 aliphatic heterocycles. The van der Waals surface area contributed by atoms with Gasteiger partial charge in [0.15, 0.2) is 0 Å². The van der Waals surface area contributed by atoms with Crippen molar-refractivity contribution in [3.05, 3.63) is 39.3 Å². The third kappa shape index (κ3) is 3.52. The molecule has 1 heterocycles. The summed E-state index contributed by atoms with van der Waals surface area (Å²) in [6.07, 6.45) is 0.781. The van der Waals surface area contributed by atoms with Gasteiger partial charge in [0.1, 0.15) is 11.6 Å². The Kier molecular flexibility index (Phi) is 4.50. The maximum Gasteiger partial charge on any atom is 0.148 e. The highest BCUT2D eigenvalue weighted by molar-refractivity contribution is 7.16. The quantitative estimate of drug-likeness (QED) is 0.826. The van der Waals surface area contributed by atoms with Gasteiger partial charge in [-0.05, 0) is 18.6 Å². The van der Waals surface area contributed by atoms with Crippen LogP contribution in [0.2, 0.25) is 4.34 Å². The number of thiophene rings is 1. The van der Waals surface area contributed by atoms with Crippen LogP contribution in [0.15, 0.2) is 24.3 Å². The molecular formula is C13H14ClFN2OS. The van der Waals surface area contributed by atoms with Gasteiger partial charge in [-0.2, -0.15) is 0 Å². The molecule has 0 saturated heterocycles. The van der Waals surface area contributed by atoms with Gasteiger partial charge in [0.25, 0.3) is 0 Å². The van der Waals surface area contributed by atoms with Gasteiger partial charge in [0.2, 0.25) is 0 Å². The molecule has 102 valence electrons. The second-order valence-electron chi connectivity index (χ2n) is 3.96. The molecule has 2 aromatic rings. The lowest BCUT2D eigenvalue weighted by molar-refractivity contribution is 0.416. The van der Waals surface area contributed by atoms with Crippen LogP contribution in [-0.2, 0) is 6.42 Å². The van der Waals surface area contributed by atoms with E-state index in [1.165, 1.54) is 24.5 Å². The first-order valence-corrected chi connectivity index (χ1v) is 6.90. The number of nitrogens with one attached hydrogen (secondary N) is 1. The first kappa shape index (κ1) is 14.0. The zero-order valence-corrected chi connectivity index (χ0v) is 11.9. The second kappa shape index (κ2) is 6.12. The molecule has 0 aliphatic carbocycles. The van der Waals surface area contributed by atoms with Gasteiger partial charge in [-0.1, -0.05) is 11.6 Å². The number of nitrogen functional groups attached to an aromatic ring is 1. The molecule has 0 fully saturated rings. The Morgan fingerprint density at radius 3 is 2.84 bits per heavy atom. The van der Waals surface area contributed by atoms with Crippen molar-refractivity contribution in [2.75, 3.05) is 24.7 Å². The maximum absolute atomic E-state index is 13.7. The Morgan fingerprint density at radius 2 is 2.21 bits per heavy atom. The molecule has 0 bridgehead atoms. The first-order valence-electron chi connectivity index (χ1n) is 5.71. The number of anilines is 2. The van der Waals surface area contributed by atoms with Gasteiger partial charge in [-0.15, -0.1) is 11.3 Å². The van der Waals surface area contributed by atoms with E-state index in [1.807, 2.05) is 12.1 Å². The van der Waals surface area contributed by atoms with E-state index in [2.05, 4.69) is 5.32 Å². The van der Waals surface area contributed by atoms with Crippen molar-refractivity contribution in [3.8, 4) is 5.75 Å². The lowest BCUT2D eigenvalue weighted by Gasteiger charge is -2.10. The third-order valence-corrected chi connectivity index (χ3v) is 3.93. The number of rotatable bonds is 5. The van der Waals surface area contributed by atoms with Gasteiger partial charge in [0.05, 0.1) is 22.8 Å². The zero-order valence-electron chi connectivity index (χ0n) is 10.4. The summed E-state index contributed by atoms with van der Waals surface area (Å²) >= 11 is 7.37. The summed E-state index contributed by atoms with van der Waals surface area (Å²) in [5, 5.41) is 3.03. The molecule has 6 heteroatoms. The summed E-state index contributed by atoms with van der Waals surface area (Å²) in [6, 6.07) is 6.64. The highest BCUT2D eigenvalue weighted by Gasteiger charge is 2.08. The number of hydrogen-bond acceptors (Lipinski definition) is 4. The van der Waals surface area contributed by atoms with Crippen molar-refractivity contribution in [2.24, 2.45) is 0 Å². The third-order valence-electron chi connectivity index (χ3n) is 2.64. The van der Waals surface area contributed by atoms with Crippen molar-refractivity contribution in [1.29, 1.82) is 0 Å². The van der Waals surface area contributed by atoms with Gasteiger partial charge in [-0.25, -0.2) is 4.39 Å². The zero-order chi connectivity index (χ0) is 13.8. The molecule has 3 N–H and O–H groups in total. The van der Waals surface area contributed by atoms with Crippen LogP contribution < -0.4 is 15.8 Å². The maximum atomic E-state index is 13.7. The standard InChI is InChI=1S/C13H14ClFN2OS/c1-18-12-7-11(9(15)6-10(12)16)17-5-4-8-2-3-13(14)19-8/h2-3,6-7,17H,4-5,16H2,1H3. The van der Waals surface area contributed by atoms with Crippen LogP contribution in [0.5, 0.6) is 5.75 Å².